The van der Waals surface area contributed by atoms with E-state index in [1.807, 2.05) is 0 Å². The van der Waals surface area contributed by atoms with Crippen LogP contribution >= 0.6 is 11.6 Å². The fourth-order valence-electron chi connectivity index (χ4n) is 1.77. The van der Waals surface area contributed by atoms with Gasteiger partial charge in [-0.1, -0.05) is 11.6 Å². The van der Waals surface area contributed by atoms with Crippen LogP contribution in [0.4, 0.5) is 0 Å². The quantitative estimate of drug-likeness (QED) is 0.817. The van der Waals surface area contributed by atoms with Crippen molar-refractivity contribution in [2.45, 2.75) is 13.2 Å². The molecule has 0 aliphatic carbocycles. The molecular weight excluding hydrogens is 312 g/mol. The van der Waals surface area contributed by atoms with Gasteiger partial charge in [-0.3, -0.25) is 4.79 Å². The number of benzene rings is 1. The molecule has 0 spiro atoms. The number of hydrogen-bond acceptors (Lipinski definition) is 5. The third kappa shape index (κ3) is 3.98. The Morgan fingerprint density at radius 1 is 1.36 bits per heavy atom. The van der Waals surface area contributed by atoms with Crippen molar-refractivity contribution < 1.29 is 24.2 Å². The second-order valence-electron chi connectivity index (χ2n) is 4.33. The number of aliphatic carboxylic acids is 1. The van der Waals surface area contributed by atoms with Crippen molar-refractivity contribution in [3.05, 3.63) is 46.7 Å². The zero-order chi connectivity index (χ0) is 16.1. The Bertz CT molecular complexity index is 698. The number of ether oxygens (including phenoxy) is 2. The minimum Gasteiger partial charge on any atom is -0.481 e. The van der Waals surface area contributed by atoms with E-state index in [0.29, 0.717) is 16.3 Å². The number of hydrogen-bond donors (Lipinski definition) is 1. The Balaban J connectivity index is 2.09. The smallest absolute Gasteiger partial charge is 0.358 e. The Morgan fingerprint density at radius 2 is 2.14 bits per heavy atom. The molecule has 0 amide bonds. The molecule has 2 aromatic rings. The van der Waals surface area contributed by atoms with Gasteiger partial charge < -0.3 is 14.6 Å². The molecule has 0 aliphatic heterocycles. The number of esters is 1. The van der Waals surface area contributed by atoms with E-state index in [1.165, 1.54) is 23.9 Å². The molecule has 1 aromatic heterocycles. The molecule has 8 heteroatoms. The average Bonchev–Trinajstić information content (AvgIpc) is 2.94. The van der Waals surface area contributed by atoms with Crippen molar-refractivity contribution in [2.24, 2.45) is 0 Å². The van der Waals surface area contributed by atoms with Crippen molar-refractivity contribution in [3.63, 3.8) is 0 Å². The fourth-order valence-corrected chi connectivity index (χ4v) is 1.97. The molecule has 22 heavy (non-hydrogen) atoms. The van der Waals surface area contributed by atoms with Crippen molar-refractivity contribution >= 4 is 23.5 Å². The van der Waals surface area contributed by atoms with Crippen LogP contribution in [0.3, 0.4) is 0 Å². The van der Waals surface area contributed by atoms with Gasteiger partial charge in [0.15, 0.2) is 12.4 Å². The first kappa shape index (κ1) is 15.8. The van der Waals surface area contributed by atoms with E-state index < -0.39 is 11.9 Å². The van der Waals surface area contributed by atoms with E-state index in [1.54, 1.807) is 18.3 Å². The number of rotatable bonds is 6. The van der Waals surface area contributed by atoms with Gasteiger partial charge in [0.2, 0.25) is 0 Å². The normalized spacial score (nSPS) is 10.3. The summed E-state index contributed by atoms with van der Waals surface area (Å²) in [7, 11) is 1.27. The summed E-state index contributed by atoms with van der Waals surface area (Å²) in [5.41, 5.74) is 0.619. The summed E-state index contributed by atoms with van der Waals surface area (Å²) in [6.45, 7) is 0.0191. The summed E-state index contributed by atoms with van der Waals surface area (Å²) < 4.78 is 11.5. The predicted molar refractivity (Wildman–Crippen MR) is 77.0 cm³/mol. The Morgan fingerprint density at radius 3 is 2.82 bits per heavy atom. The number of methoxy groups -OCH3 is 1. The van der Waals surface area contributed by atoms with Crippen molar-refractivity contribution in [2.75, 3.05) is 7.11 Å². The molecule has 0 saturated heterocycles. The summed E-state index contributed by atoms with van der Waals surface area (Å²) in [5, 5.41) is 13.3. The van der Waals surface area contributed by atoms with E-state index in [0.717, 1.165) is 0 Å². The van der Waals surface area contributed by atoms with Gasteiger partial charge in [0.25, 0.3) is 0 Å². The standard InChI is InChI=1S/C14H13ClN2O5/c1-21-14(20)11-4-5-17(16-11)8-22-12-3-2-10(15)6-9(12)7-13(18)19/h2-6H,7-8H2,1H3,(H,18,19). The molecule has 0 fully saturated rings. The Labute approximate surface area is 131 Å². The first-order valence-electron chi connectivity index (χ1n) is 6.24. The lowest BCUT2D eigenvalue weighted by Crippen LogP contribution is -2.10. The lowest BCUT2D eigenvalue weighted by Gasteiger charge is -2.10. The van der Waals surface area contributed by atoms with Crippen molar-refractivity contribution in [1.82, 2.24) is 9.78 Å². The average molecular weight is 325 g/mol. The summed E-state index contributed by atoms with van der Waals surface area (Å²) in [6, 6.07) is 6.22. The van der Waals surface area contributed by atoms with Gasteiger partial charge in [0.05, 0.1) is 13.5 Å². The molecule has 1 aromatic carbocycles. The van der Waals surface area contributed by atoms with Gasteiger partial charge in [0, 0.05) is 16.8 Å². The van der Waals surface area contributed by atoms with Gasteiger partial charge in [-0.15, -0.1) is 0 Å². The number of aromatic nitrogens is 2. The number of carbonyl (C=O) groups is 2. The number of nitrogens with zero attached hydrogens (tertiary/aromatic N) is 2. The van der Waals surface area contributed by atoms with Crippen LogP contribution < -0.4 is 4.74 Å². The largest absolute Gasteiger partial charge is 0.481 e. The predicted octanol–water partition coefficient (Wildman–Crippen LogP) is 1.99. The van der Waals surface area contributed by atoms with Crippen LogP contribution in [0.2, 0.25) is 5.02 Å². The minimum atomic E-state index is -0.987. The van der Waals surface area contributed by atoms with Crippen LogP contribution in [0.1, 0.15) is 16.1 Å². The molecule has 0 unspecified atom stereocenters. The van der Waals surface area contributed by atoms with Crippen LogP contribution in [0.15, 0.2) is 30.5 Å². The third-order valence-electron chi connectivity index (χ3n) is 2.75. The van der Waals surface area contributed by atoms with Gasteiger partial charge in [-0.2, -0.15) is 5.10 Å². The van der Waals surface area contributed by atoms with Crippen LogP contribution in [0, 0.1) is 0 Å². The van der Waals surface area contributed by atoms with Crippen LogP contribution in [-0.4, -0.2) is 33.9 Å². The molecule has 2 rings (SSSR count). The molecule has 0 bridgehead atoms. The van der Waals surface area contributed by atoms with Crippen molar-refractivity contribution in [1.29, 1.82) is 0 Å². The van der Waals surface area contributed by atoms with E-state index in [-0.39, 0.29) is 18.8 Å². The van der Waals surface area contributed by atoms with Crippen LogP contribution in [0.25, 0.3) is 0 Å². The van der Waals surface area contributed by atoms with Gasteiger partial charge in [-0.25, -0.2) is 9.48 Å². The highest BCUT2D eigenvalue weighted by Gasteiger charge is 2.11. The minimum absolute atomic E-state index is 0.0191. The maximum absolute atomic E-state index is 11.3. The maximum atomic E-state index is 11.3. The second kappa shape index (κ2) is 6.95. The monoisotopic (exact) mass is 324 g/mol. The number of carbonyl (C=O) groups excluding carboxylic acids is 1. The molecule has 7 nitrogen and oxygen atoms in total. The SMILES string of the molecule is COC(=O)c1ccn(COc2ccc(Cl)cc2CC(=O)O)n1. The highest BCUT2D eigenvalue weighted by atomic mass is 35.5. The van der Waals surface area contributed by atoms with Crippen LogP contribution in [0.5, 0.6) is 5.75 Å². The Kier molecular flexibility index (Phi) is 5.00. The summed E-state index contributed by atoms with van der Waals surface area (Å²) in [6.07, 6.45) is 1.35. The van der Waals surface area contributed by atoms with Gasteiger partial charge in [0.1, 0.15) is 5.75 Å². The third-order valence-corrected chi connectivity index (χ3v) is 2.99. The maximum Gasteiger partial charge on any atom is 0.358 e. The zero-order valence-electron chi connectivity index (χ0n) is 11.7. The molecule has 0 atom stereocenters. The van der Waals surface area contributed by atoms with E-state index in [4.69, 9.17) is 21.4 Å². The lowest BCUT2D eigenvalue weighted by atomic mass is 10.1. The van der Waals surface area contributed by atoms with E-state index in [2.05, 4.69) is 9.84 Å². The van der Waals surface area contributed by atoms with Gasteiger partial charge in [-0.05, 0) is 24.3 Å². The van der Waals surface area contributed by atoms with E-state index >= 15 is 0 Å². The van der Waals surface area contributed by atoms with Gasteiger partial charge >= 0.3 is 11.9 Å². The number of carboxylic acids is 1. The fraction of sp³-hybridized carbons (Fsp3) is 0.214. The highest BCUT2D eigenvalue weighted by Crippen LogP contribution is 2.23. The molecule has 1 heterocycles. The van der Waals surface area contributed by atoms with E-state index in [9.17, 15) is 9.59 Å². The van der Waals surface area contributed by atoms with Crippen molar-refractivity contribution in [3.8, 4) is 5.75 Å². The summed E-state index contributed by atoms with van der Waals surface area (Å²) >= 11 is 5.85. The molecule has 0 saturated carbocycles. The molecule has 0 aliphatic rings. The lowest BCUT2D eigenvalue weighted by molar-refractivity contribution is -0.136. The summed E-state index contributed by atoms with van der Waals surface area (Å²) in [4.78, 5) is 22.1. The molecule has 116 valence electrons. The first-order chi connectivity index (χ1) is 10.5. The summed E-state index contributed by atoms with van der Waals surface area (Å²) in [5.74, 6) is -1.14. The van der Waals surface area contributed by atoms with Crippen LogP contribution in [-0.2, 0) is 22.7 Å². The Hall–Kier alpha value is -2.54. The second-order valence-corrected chi connectivity index (χ2v) is 4.76. The highest BCUT2D eigenvalue weighted by molar-refractivity contribution is 6.30. The first-order valence-corrected chi connectivity index (χ1v) is 6.62. The topological polar surface area (TPSA) is 90.7 Å². The number of halogens is 1. The molecule has 1 N–H and O–H groups in total. The molecule has 0 radical (unpaired) electrons. The number of carboxylic acid groups (broad SMARTS) is 1. The zero-order valence-corrected chi connectivity index (χ0v) is 12.4. The molecular formula is C14H13ClN2O5.